The van der Waals surface area contributed by atoms with Gasteiger partial charge in [-0.05, 0) is 78.1 Å². The van der Waals surface area contributed by atoms with E-state index in [1.165, 1.54) is 41.8 Å². The van der Waals surface area contributed by atoms with Crippen LogP contribution in [0.25, 0.3) is 0 Å². The zero-order valence-corrected chi connectivity index (χ0v) is 23.9. The number of aryl methyl sites for hydroxylation is 1. The number of unbranched alkanes of at least 4 members (excludes halogenated alkanes) is 3. The highest BCUT2D eigenvalue weighted by molar-refractivity contribution is 7.10. The van der Waals surface area contributed by atoms with Gasteiger partial charge in [-0.2, -0.15) is 0 Å². The molecule has 0 spiro atoms. The molecule has 208 valence electrons. The Kier molecular flexibility index (Phi) is 10.7. The molecule has 2 aromatic carbocycles. The molecule has 1 aliphatic heterocycles. The molecule has 7 heteroatoms. The van der Waals surface area contributed by atoms with Crippen molar-refractivity contribution in [3.63, 3.8) is 0 Å². The highest BCUT2D eigenvalue weighted by Crippen LogP contribution is 2.38. The van der Waals surface area contributed by atoms with Crippen molar-refractivity contribution in [2.75, 3.05) is 33.4 Å². The van der Waals surface area contributed by atoms with Gasteiger partial charge in [0.05, 0.1) is 6.04 Å². The van der Waals surface area contributed by atoms with Gasteiger partial charge in [-0.25, -0.2) is 4.39 Å². The lowest BCUT2D eigenvalue weighted by Gasteiger charge is -2.37. The van der Waals surface area contributed by atoms with Crippen LogP contribution in [0.2, 0.25) is 0 Å². The first-order valence-corrected chi connectivity index (χ1v) is 14.9. The molecule has 0 N–H and O–H groups in total. The number of carbonyl (C=O) groups is 2. The number of methoxy groups -OCH3 is 1. The minimum absolute atomic E-state index is 0.0154. The van der Waals surface area contributed by atoms with Crippen molar-refractivity contribution in [1.29, 1.82) is 0 Å². The third-order valence-corrected chi connectivity index (χ3v) is 8.38. The summed E-state index contributed by atoms with van der Waals surface area (Å²) in [6.07, 6.45) is 7.24. The Morgan fingerprint density at radius 3 is 2.51 bits per heavy atom. The third-order valence-electron chi connectivity index (χ3n) is 7.38. The Balaban J connectivity index is 1.51. The maximum atomic E-state index is 13.8. The Hall–Kier alpha value is -3.03. The van der Waals surface area contributed by atoms with Crippen molar-refractivity contribution in [3.05, 3.63) is 92.9 Å². The Bertz CT molecular complexity index is 1210. The van der Waals surface area contributed by atoms with Gasteiger partial charge < -0.3 is 14.5 Å². The number of fused-ring (bicyclic) bond motifs is 1. The van der Waals surface area contributed by atoms with Gasteiger partial charge in [-0.1, -0.05) is 50.5 Å². The van der Waals surface area contributed by atoms with Gasteiger partial charge in [-0.3, -0.25) is 9.59 Å². The summed E-state index contributed by atoms with van der Waals surface area (Å²) in [6.45, 7) is 3.68. The molecule has 0 aliphatic carbocycles. The zero-order chi connectivity index (χ0) is 27.6. The summed E-state index contributed by atoms with van der Waals surface area (Å²) in [4.78, 5) is 32.1. The number of amides is 2. The van der Waals surface area contributed by atoms with Crippen molar-refractivity contribution < 1.29 is 18.7 Å². The number of halogens is 1. The Morgan fingerprint density at radius 1 is 1.03 bits per heavy atom. The molecule has 1 aromatic heterocycles. The topological polar surface area (TPSA) is 49.9 Å². The minimum Gasteiger partial charge on any atom is -0.385 e. The molecule has 0 radical (unpaired) electrons. The predicted octanol–water partition coefficient (Wildman–Crippen LogP) is 6.66. The van der Waals surface area contributed by atoms with E-state index in [9.17, 15) is 14.0 Å². The summed E-state index contributed by atoms with van der Waals surface area (Å²) in [6, 6.07) is 15.9. The van der Waals surface area contributed by atoms with Gasteiger partial charge in [0, 0.05) is 37.2 Å². The van der Waals surface area contributed by atoms with Gasteiger partial charge in [0.15, 0.2) is 0 Å². The molecular formula is C32H39FN2O3S. The summed E-state index contributed by atoms with van der Waals surface area (Å²) < 4.78 is 18.9. The number of carbonyl (C=O) groups excluding carboxylic acids is 2. The molecule has 0 fully saturated rings. The fourth-order valence-electron chi connectivity index (χ4n) is 5.25. The molecule has 1 aliphatic rings. The van der Waals surface area contributed by atoms with Crippen LogP contribution < -0.4 is 0 Å². The maximum Gasteiger partial charge on any atom is 0.254 e. The molecule has 2 heterocycles. The van der Waals surface area contributed by atoms with Crippen molar-refractivity contribution in [2.24, 2.45) is 0 Å². The van der Waals surface area contributed by atoms with Crippen LogP contribution in [0.15, 0.2) is 60.0 Å². The van der Waals surface area contributed by atoms with E-state index in [1.54, 1.807) is 35.5 Å². The largest absolute Gasteiger partial charge is 0.385 e. The minimum atomic E-state index is -0.306. The maximum absolute atomic E-state index is 13.8. The smallest absolute Gasteiger partial charge is 0.254 e. The average molecular weight is 551 g/mol. The zero-order valence-electron chi connectivity index (χ0n) is 23.0. The second-order valence-corrected chi connectivity index (χ2v) is 11.2. The second kappa shape index (κ2) is 14.4. The quantitative estimate of drug-likeness (QED) is 0.224. The normalized spacial score (nSPS) is 14.7. The summed E-state index contributed by atoms with van der Waals surface area (Å²) in [5.74, 6) is -0.567. The first kappa shape index (κ1) is 29.0. The highest BCUT2D eigenvalue weighted by atomic mass is 32.1. The first-order chi connectivity index (χ1) is 19.0. The van der Waals surface area contributed by atoms with Crippen LogP contribution in [0.3, 0.4) is 0 Å². The number of hydrogen-bond acceptors (Lipinski definition) is 4. The summed E-state index contributed by atoms with van der Waals surface area (Å²) in [5.41, 5.74) is 3.77. The van der Waals surface area contributed by atoms with Crippen LogP contribution >= 0.6 is 11.3 Å². The molecule has 5 nitrogen and oxygen atoms in total. The van der Waals surface area contributed by atoms with Gasteiger partial charge in [0.25, 0.3) is 5.91 Å². The summed E-state index contributed by atoms with van der Waals surface area (Å²) in [7, 11) is 1.63. The van der Waals surface area contributed by atoms with E-state index in [1.807, 2.05) is 34.5 Å². The molecule has 1 atom stereocenters. The first-order valence-electron chi connectivity index (χ1n) is 14.0. The molecule has 39 heavy (non-hydrogen) atoms. The summed E-state index contributed by atoms with van der Waals surface area (Å²) >= 11 is 1.69. The fraction of sp³-hybridized carbons (Fsp3) is 0.438. The molecule has 0 saturated carbocycles. The lowest BCUT2D eigenvalue weighted by molar-refractivity contribution is -0.134. The van der Waals surface area contributed by atoms with Crippen molar-refractivity contribution >= 4 is 23.2 Å². The van der Waals surface area contributed by atoms with E-state index >= 15 is 0 Å². The number of hydrogen-bond donors (Lipinski definition) is 0. The monoisotopic (exact) mass is 550 g/mol. The van der Waals surface area contributed by atoms with Crippen LogP contribution in [-0.4, -0.2) is 55.0 Å². The van der Waals surface area contributed by atoms with E-state index in [4.69, 9.17) is 4.74 Å². The van der Waals surface area contributed by atoms with Crippen molar-refractivity contribution in [1.82, 2.24) is 9.80 Å². The van der Waals surface area contributed by atoms with Gasteiger partial charge in [-0.15, -0.1) is 11.3 Å². The van der Waals surface area contributed by atoms with E-state index in [0.29, 0.717) is 31.7 Å². The lowest BCUT2D eigenvalue weighted by atomic mass is 9.93. The van der Waals surface area contributed by atoms with Crippen molar-refractivity contribution in [3.8, 4) is 0 Å². The van der Waals surface area contributed by atoms with E-state index < -0.39 is 0 Å². The number of thiophene rings is 1. The van der Waals surface area contributed by atoms with Gasteiger partial charge in [0.2, 0.25) is 5.91 Å². The Morgan fingerprint density at radius 2 is 1.79 bits per heavy atom. The molecule has 2 amide bonds. The lowest BCUT2D eigenvalue weighted by Crippen LogP contribution is -2.47. The Labute approximate surface area is 235 Å². The van der Waals surface area contributed by atoms with Crippen LogP contribution in [0.1, 0.15) is 77.0 Å². The number of nitrogens with zero attached hydrogens (tertiary/aromatic N) is 2. The fourth-order valence-corrected chi connectivity index (χ4v) is 6.15. The molecule has 0 saturated heterocycles. The van der Waals surface area contributed by atoms with Crippen LogP contribution in [-0.2, 0) is 22.4 Å². The molecule has 0 bridgehead atoms. The van der Waals surface area contributed by atoms with Crippen LogP contribution in [0, 0.1) is 5.82 Å². The molecular weight excluding hydrogens is 511 g/mol. The number of benzene rings is 2. The van der Waals surface area contributed by atoms with Gasteiger partial charge >= 0.3 is 0 Å². The third kappa shape index (κ3) is 7.55. The highest BCUT2D eigenvalue weighted by Gasteiger charge is 2.34. The SMILES string of the molecule is CCCCCCc1ccc(C(=O)N(CCCOC)CC(=O)N2CCc3sccc3C2c2ccc(F)cc2)cc1. The van der Waals surface area contributed by atoms with E-state index in [0.717, 1.165) is 30.4 Å². The van der Waals surface area contributed by atoms with Crippen LogP contribution in [0.4, 0.5) is 4.39 Å². The van der Waals surface area contributed by atoms with Gasteiger partial charge in [0.1, 0.15) is 12.4 Å². The second-order valence-electron chi connectivity index (χ2n) is 10.2. The molecule has 4 rings (SSSR count). The van der Waals surface area contributed by atoms with Crippen LogP contribution in [0.5, 0.6) is 0 Å². The number of ether oxygens (including phenoxy) is 1. The molecule has 1 unspecified atom stereocenters. The number of rotatable bonds is 13. The van der Waals surface area contributed by atoms with E-state index in [-0.39, 0.29) is 30.2 Å². The molecule has 3 aromatic rings. The summed E-state index contributed by atoms with van der Waals surface area (Å²) in [5, 5.41) is 2.04. The van der Waals surface area contributed by atoms with E-state index in [2.05, 4.69) is 13.0 Å². The van der Waals surface area contributed by atoms with Crippen molar-refractivity contribution in [2.45, 2.75) is 57.9 Å². The predicted molar refractivity (Wildman–Crippen MR) is 155 cm³/mol. The average Bonchev–Trinajstić information content (AvgIpc) is 3.44. The standard InChI is InChI=1S/C32H39FN2O3S/c1-3-4-5-6-8-24-9-11-26(12-10-24)32(37)34(19-7-21-38-2)23-30(36)35-20-17-29-28(18-22-39-29)31(35)25-13-15-27(33)16-14-25/h9-16,18,22,31H,3-8,17,19-21,23H2,1-2H3.